The normalized spacial score (nSPS) is 10.9. The molecule has 0 aliphatic carbocycles. The molecule has 0 aliphatic rings. The van der Waals surface area contributed by atoms with Gasteiger partial charge >= 0.3 is 0 Å². The van der Waals surface area contributed by atoms with Gasteiger partial charge in [-0.2, -0.15) is 9.36 Å². The summed E-state index contributed by atoms with van der Waals surface area (Å²) in [7, 11) is 1.64. The fraction of sp³-hybridized carbons (Fsp3) is 0.130. The summed E-state index contributed by atoms with van der Waals surface area (Å²) in [5.41, 5.74) is 5.27. The first-order valence-corrected chi connectivity index (χ1v) is 10.7. The minimum atomic E-state index is 0.518. The standard InChI is InChI=1S/C23H19N7OS/c1-14-8-17(5-7-24-14)21-20(31-2)9-15(11-27-21)12-28-23-29-22(32-30-23)18-10-16-4-3-6-25-19(16)13-26-18/h3-11,13H,12H2,1-2H3,(H,28,30). The van der Waals surface area contributed by atoms with Crippen molar-refractivity contribution in [3.63, 3.8) is 0 Å². The number of nitrogens with one attached hydrogen (secondary N) is 1. The van der Waals surface area contributed by atoms with Crippen molar-refractivity contribution in [2.24, 2.45) is 0 Å². The number of rotatable bonds is 6. The van der Waals surface area contributed by atoms with E-state index in [0.29, 0.717) is 18.2 Å². The molecule has 5 aromatic rings. The monoisotopic (exact) mass is 441 g/mol. The summed E-state index contributed by atoms with van der Waals surface area (Å²) < 4.78 is 9.99. The van der Waals surface area contributed by atoms with Gasteiger partial charge in [-0.1, -0.05) is 6.07 Å². The highest BCUT2D eigenvalue weighted by molar-refractivity contribution is 7.09. The third-order valence-electron chi connectivity index (χ3n) is 4.88. The van der Waals surface area contributed by atoms with Crippen LogP contribution < -0.4 is 10.1 Å². The maximum Gasteiger partial charge on any atom is 0.235 e. The van der Waals surface area contributed by atoms with Crippen LogP contribution in [0.25, 0.3) is 32.9 Å². The molecule has 9 heteroatoms. The van der Waals surface area contributed by atoms with Gasteiger partial charge in [0.05, 0.1) is 18.8 Å². The van der Waals surface area contributed by atoms with Gasteiger partial charge in [-0.15, -0.1) is 0 Å². The molecule has 1 N–H and O–H groups in total. The van der Waals surface area contributed by atoms with Crippen molar-refractivity contribution in [3.05, 3.63) is 72.4 Å². The quantitative estimate of drug-likeness (QED) is 0.410. The van der Waals surface area contributed by atoms with E-state index in [1.807, 2.05) is 49.5 Å². The Morgan fingerprint density at radius 3 is 2.81 bits per heavy atom. The molecular formula is C23H19N7OS. The molecule has 0 saturated heterocycles. The summed E-state index contributed by atoms with van der Waals surface area (Å²) in [5, 5.41) is 5.02. The van der Waals surface area contributed by atoms with Crippen molar-refractivity contribution in [1.82, 2.24) is 29.3 Å². The van der Waals surface area contributed by atoms with Crippen molar-refractivity contribution >= 4 is 28.4 Å². The van der Waals surface area contributed by atoms with E-state index in [1.54, 1.807) is 25.7 Å². The maximum atomic E-state index is 5.58. The van der Waals surface area contributed by atoms with Crippen molar-refractivity contribution in [1.29, 1.82) is 0 Å². The second kappa shape index (κ2) is 8.64. The first-order chi connectivity index (χ1) is 15.7. The second-order valence-electron chi connectivity index (χ2n) is 7.12. The van der Waals surface area contributed by atoms with E-state index >= 15 is 0 Å². The molecule has 5 aromatic heterocycles. The van der Waals surface area contributed by atoms with Gasteiger partial charge < -0.3 is 10.1 Å². The molecule has 0 aliphatic heterocycles. The molecule has 0 unspecified atom stereocenters. The Morgan fingerprint density at radius 2 is 1.94 bits per heavy atom. The fourth-order valence-corrected chi connectivity index (χ4v) is 3.93. The van der Waals surface area contributed by atoms with Crippen LogP contribution in [0.4, 0.5) is 5.95 Å². The largest absolute Gasteiger partial charge is 0.494 e. The Balaban J connectivity index is 1.32. The van der Waals surface area contributed by atoms with Crippen LogP contribution in [0.2, 0.25) is 0 Å². The van der Waals surface area contributed by atoms with E-state index in [0.717, 1.165) is 44.1 Å². The Bertz CT molecular complexity index is 1400. The summed E-state index contributed by atoms with van der Waals surface area (Å²) in [6, 6.07) is 11.8. The molecule has 5 rings (SSSR count). The second-order valence-corrected chi connectivity index (χ2v) is 7.87. The van der Waals surface area contributed by atoms with Crippen LogP contribution >= 0.6 is 11.5 Å². The van der Waals surface area contributed by atoms with Crippen LogP contribution in [0.5, 0.6) is 5.75 Å². The topological polar surface area (TPSA) is 98.6 Å². The Hall–Kier alpha value is -3.98. The Morgan fingerprint density at radius 1 is 1.00 bits per heavy atom. The zero-order valence-electron chi connectivity index (χ0n) is 17.5. The van der Waals surface area contributed by atoms with Gasteiger partial charge in [0.1, 0.15) is 17.1 Å². The van der Waals surface area contributed by atoms with Crippen LogP contribution in [0.3, 0.4) is 0 Å². The van der Waals surface area contributed by atoms with Crippen LogP contribution in [0.15, 0.2) is 61.2 Å². The van der Waals surface area contributed by atoms with Crippen molar-refractivity contribution in [2.45, 2.75) is 13.5 Å². The van der Waals surface area contributed by atoms with Crippen LogP contribution in [-0.2, 0) is 6.54 Å². The summed E-state index contributed by atoms with van der Waals surface area (Å²) in [6.45, 7) is 2.47. The molecule has 0 aromatic carbocycles. The molecular weight excluding hydrogens is 422 g/mol. The molecule has 0 radical (unpaired) electrons. The number of hydrogen-bond donors (Lipinski definition) is 1. The molecule has 0 bridgehead atoms. The van der Waals surface area contributed by atoms with E-state index in [2.05, 4.69) is 34.6 Å². The number of ether oxygens (including phenoxy) is 1. The molecule has 0 fully saturated rings. The minimum absolute atomic E-state index is 0.518. The van der Waals surface area contributed by atoms with Crippen LogP contribution in [-0.4, -0.2) is 36.4 Å². The summed E-state index contributed by atoms with van der Waals surface area (Å²) in [4.78, 5) is 22.2. The highest BCUT2D eigenvalue weighted by atomic mass is 32.1. The van der Waals surface area contributed by atoms with Crippen molar-refractivity contribution in [2.75, 3.05) is 12.4 Å². The number of nitrogens with zero attached hydrogens (tertiary/aromatic N) is 6. The number of fused-ring (bicyclic) bond motifs is 1. The average molecular weight is 442 g/mol. The smallest absolute Gasteiger partial charge is 0.235 e. The average Bonchev–Trinajstić information content (AvgIpc) is 3.31. The summed E-state index contributed by atoms with van der Waals surface area (Å²) in [5.74, 6) is 1.25. The van der Waals surface area contributed by atoms with Gasteiger partial charge in [0.25, 0.3) is 0 Å². The predicted molar refractivity (Wildman–Crippen MR) is 125 cm³/mol. The lowest BCUT2D eigenvalue weighted by atomic mass is 10.1. The lowest BCUT2D eigenvalue weighted by Crippen LogP contribution is -2.03. The van der Waals surface area contributed by atoms with Gasteiger partial charge in [0.15, 0.2) is 5.01 Å². The van der Waals surface area contributed by atoms with Crippen molar-refractivity contribution in [3.8, 4) is 27.7 Å². The molecule has 0 atom stereocenters. The van der Waals surface area contributed by atoms with Crippen LogP contribution in [0.1, 0.15) is 11.3 Å². The number of hydrogen-bond acceptors (Lipinski definition) is 9. The minimum Gasteiger partial charge on any atom is -0.494 e. The van der Waals surface area contributed by atoms with Crippen molar-refractivity contribution < 1.29 is 4.74 Å². The highest BCUT2D eigenvalue weighted by Gasteiger charge is 2.12. The highest BCUT2D eigenvalue weighted by Crippen LogP contribution is 2.29. The van der Waals surface area contributed by atoms with E-state index < -0.39 is 0 Å². The summed E-state index contributed by atoms with van der Waals surface area (Å²) in [6.07, 6.45) is 7.10. The predicted octanol–water partition coefficient (Wildman–Crippen LogP) is 4.53. The van der Waals surface area contributed by atoms with Crippen LogP contribution in [0, 0.1) is 6.92 Å². The van der Waals surface area contributed by atoms with Gasteiger partial charge in [-0.05, 0) is 54.4 Å². The first-order valence-electron chi connectivity index (χ1n) is 9.94. The number of aromatic nitrogens is 6. The lowest BCUT2D eigenvalue weighted by molar-refractivity contribution is 0.414. The first kappa shape index (κ1) is 20.0. The van der Waals surface area contributed by atoms with E-state index in [9.17, 15) is 0 Å². The SMILES string of the molecule is COc1cc(CNc2nsc(-c3cc4cccnc4cn3)n2)cnc1-c1ccnc(C)c1. The number of anilines is 1. The van der Waals surface area contributed by atoms with Gasteiger partial charge in [0.2, 0.25) is 5.95 Å². The van der Waals surface area contributed by atoms with Gasteiger partial charge in [-0.3, -0.25) is 19.9 Å². The Labute approximate surface area is 188 Å². The summed E-state index contributed by atoms with van der Waals surface area (Å²) >= 11 is 1.30. The van der Waals surface area contributed by atoms with E-state index in [-0.39, 0.29) is 0 Å². The molecule has 8 nitrogen and oxygen atoms in total. The Kier molecular flexibility index (Phi) is 5.39. The third-order valence-corrected chi connectivity index (χ3v) is 5.62. The third kappa shape index (κ3) is 4.10. The van der Waals surface area contributed by atoms with Gasteiger partial charge in [-0.25, -0.2) is 0 Å². The van der Waals surface area contributed by atoms with E-state index in [1.165, 1.54) is 11.5 Å². The molecule has 0 amide bonds. The molecule has 32 heavy (non-hydrogen) atoms. The lowest BCUT2D eigenvalue weighted by Gasteiger charge is -2.10. The number of aryl methyl sites for hydroxylation is 1. The molecule has 158 valence electrons. The fourth-order valence-electron chi connectivity index (χ4n) is 3.32. The molecule has 0 saturated carbocycles. The zero-order chi connectivity index (χ0) is 21.9. The number of methoxy groups -OCH3 is 1. The van der Waals surface area contributed by atoms with E-state index in [4.69, 9.17) is 4.74 Å². The molecule has 0 spiro atoms. The molecule has 5 heterocycles. The zero-order valence-corrected chi connectivity index (χ0v) is 18.3. The maximum absolute atomic E-state index is 5.58. The number of pyridine rings is 4. The van der Waals surface area contributed by atoms with Gasteiger partial charge in [0, 0.05) is 41.8 Å².